The molecule has 1 fully saturated rings. The van der Waals surface area contributed by atoms with E-state index in [1.807, 2.05) is 6.07 Å². The lowest BCUT2D eigenvalue weighted by molar-refractivity contribution is -0.118. The summed E-state index contributed by atoms with van der Waals surface area (Å²) in [6.07, 6.45) is 1.39. The van der Waals surface area contributed by atoms with E-state index in [2.05, 4.69) is 5.32 Å². The maximum atomic E-state index is 12.2. The number of carbonyl (C=O) groups is 3. The zero-order valence-electron chi connectivity index (χ0n) is 15.9. The number of benzene rings is 2. The van der Waals surface area contributed by atoms with Crippen molar-refractivity contribution in [2.45, 2.75) is 19.8 Å². The van der Waals surface area contributed by atoms with Gasteiger partial charge < -0.3 is 19.7 Å². The molecule has 1 saturated heterocycles. The van der Waals surface area contributed by atoms with E-state index in [0.29, 0.717) is 35.7 Å². The molecular formula is C21H22N2O5. The zero-order chi connectivity index (χ0) is 20.1. The molecule has 7 nitrogen and oxygen atoms in total. The first kappa shape index (κ1) is 19.4. The summed E-state index contributed by atoms with van der Waals surface area (Å²) < 4.78 is 10.8. The molecule has 146 valence electrons. The predicted molar refractivity (Wildman–Crippen MR) is 105 cm³/mol. The molecule has 0 atom stereocenters. The van der Waals surface area contributed by atoms with E-state index in [4.69, 9.17) is 9.47 Å². The van der Waals surface area contributed by atoms with Gasteiger partial charge in [-0.05, 0) is 49.7 Å². The van der Waals surface area contributed by atoms with Gasteiger partial charge in [0.1, 0.15) is 0 Å². The lowest BCUT2D eigenvalue weighted by atomic mass is 10.1. The van der Waals surface area contributed by atoms with Crippen molar-refractivity contribution < 1.29 is 23.9 Å². The van der Waals surface area contributed by atoms with Gasteiger partial charge in [0.05, 0.1) is 7.11 Å². The summed E-state index contributed by atoms with van der Waals surface area (Å²) in [5.41, 5.74) is 1.86. The van der Waals surface area contributed by atoms with E-state index in [-0.39, 0.29) is 24.2 Å². The van der Waals surface area contributed by atoms with Crippen LogP contribution in [0.2, 0.25) is 0 Å². The van der Waals surface area contributed by atoms with Gasteiger partial charge in [-0.25, -0.2) is 0 Å². The Bertz CT molecular complexity index is 909. The summed E-state index contributed by atoms with van der Waals surface area (Å²) in [5.74, 6) is 0.420. The van der Waals surface area contributed by atoms with Crippen LogP contribution in [-0.4, -0.2) is 37.9 Å². The quantitative estimate of drug-likeness (QED) is 0.744. The number of hydrogen-bond donors (Lipinski definition) is 1. The number of methoxy groups -OCH3 is 1. The largest absolute Gasteiger partial charge is 0.493 e. The molecule has 0 saturated carbocycles. The standard InChI is InChI=1S/C21H22N2O5/c1-14(24)15-8-9-18(19(11-15)27-2)28-13-20(25)22-16-5-3-6-17(12-16)23-10-4-7-21(23)26/h3,5-6,8-9,11-12H,4,7,10,13H2,1-2H3,(H,22,25). The topological polar surface area (TPSA) is 84.9 Å². The van der Waals surface area contributed by atoms with Crippen LogP contribution in [0.4, 0.5) is 11.4 Å². The van der Waals surface area contributed by atoms with Gasteiger partial charge in [-0.15, -0.1) is 0 Å². The Kier molecular flexibility index (Phi) is 5.93. The lowest BCUT2D eigenvalue weighted by Gasteiger charge is -2.17. The fraction of sp³-hybridized carbons (Fsp3) is 0.286. The van der Waals surface area contributed by atoms with E-state index in [1.165, 1.54) is 14.0 Å². The average Bonchev–Trinajstić information content (AvgIpc) is 3.12. The number of nitrogens with one attached hydrogen (secondary N) is 1. The highest BCUT2D eigenvalue weighted by Gasteiger charge is 2.21. The Balaban J connectivity index is 1.62. The van der Waals surface area contributed by atoms with Gasteiger partial charge >= 0.3 is 0 Å². The molecule has 0 bridgehead atoms. The van der Waals surface area contributed by atoms with Gasteiger partial charge in [-0.3, -0.25) is 14.4 Å². The number of ether oxygens (including phenoxy) is 2. The highest BCUT2D eigenvalue weighted by Crippen LogP contribution is 2.28. The molecule has 2 aromatic carbocycles. The lowest BCUT2D eigenvalue weighted by Crippen LogP contribution is -2.24. The number of hydrogen-bond acceptors (Lipinski definition) is 5. The Labute approximate surface area is 163 Å². The van der Waals surface area contributed by atoms with E-state index >= 15 is 0 Å². The molecule has 0 aliphatic carbocycles. The van der Waals surface area contributed by atoms with Crippen molar-refractivity contribution in [3.63, 3.8) is 0 Å². The summed E-state index contributed by atoms with van der Waals surface area (Å²) in [6, 6.07) is 12.0. The first-order valence-electron chi connectivity index (χ1n) is 9.00. The zero-order valence-corrected chi connectivity index (χ0v) is 15.9. The second-order valence-corrected chi connectivity index (χ2v) is 6.46. The molecule has 2 aromatic rings. The summed E-state index contributed by atoms with van der Waals surface area (Å²) in [6.45, 7) is 1.94. The van der Waals surface area contributed by atoms with Crippen molar-refractivity contribution in [2.75, 3.05) is 30.5 Å². The van der Waals surface area contributed by atoms with Crippen LogP contribution >= 0.6 is 0 Å². The second-order valence-electron chi connectivity index (χ2n) is 6.46. The van der Waals surface area contributed by atoms with E-state index in [0.717, 1.165) is 12.1 Å². The van der Waals surface area contributed by atoms with Crippen LogP contribution in [0.25, 0.3) is 0 Å². The fourth-order valence-electron chi connectivity index (χ4n) is 3.02. The molecule has 0 spiro atoms. The monoisotopic (exact) mass is 382 g/mol. The van der Waals surface area contributed by atoms with Crippen LogP contribution in [0.5, 0.6) is 11.5 Å². The fourth-order valence-corrected chi connectivity index (χ4v) is 3.02. The van der Waals surface area contributed by atoms with Crippen LogP contribution in [0, 0.1) is 0 Å². The third-order valence-corrected chi connectivity index (χ3v) is 4.44. The molecule has 0 aromatic heterocycles. The summed E-state index contributed by atoms with van der Waals surface area (Å²) in [5, 5.41) is 2.76. The van der Waals surface area contributed by atoms with Crippen molar-refractivity contribution in [1.29, 1.82) is 0 Å². The van der Waals surface area contributed by atoms with Crippen LogP contribution < -0.4 is 19.7 Å². The van der Waals surface area contributed by atoms with Gasteiger partial charge in [0, 0.05) is 29.9 Å². The van der Waals surface area contributed by atoms with Gasteiger partial charge in [0.25, 0.3) is 5.91 Å². The molecule has 1 heterocycles. The number of ketones is 1. The third kappa shape index (κ3) is 4.49. The van der Waals surface area contributed by atoms with Crippen LogP contribution in [0.1, 0.15) is 30.1 Å². The number of nitrogens with zero attached hydrogens (tertiary/aromatic N) is 1. The number of Topliss-reactive ketones (excluding diaryl/α,β-unsaturated/α-hetero) is 1. The van der Waals surface area contributed by atoms with Crippen molar-refractivity contribution in [3.8, 4) is 11.5 Å². The minimum Gasteiger partial charge on any atom is -0.493 e. The number of anilines is 2. The summed E-state index contributed by atoms with van der Waals surface area (Å²) >= 11 is 0. The molecule has 7 heteroatoms. The molecule has 1 aliphatic rings. The van der Waals surface area contributed by atoms with Crippen molar-refractivity contribution in [1.82, 2.24) is 0 Å². The molecule has 1 N–H and O–H groups in total. The molecule has 0 unspecified atom stereocenters. The van der Waals surface area contributed by atoms with Gasteiger partial charge in [-0.2, -0.15) is 0 Å². The SMILES string of the molecule is COc1cc(C(C)=O)ccc1OCC(=O)Nc1cccc(N2CCCC2=O)c1. The Hall–Kier alpha value is -3.35. The number of amides is 2. The van der Waals surface area contributed by atoms with Crippen molar-refractivity contribution >= 4 is 29.0 Å². The van der Waals surface area contributed by atoms with Gasteiger partial charge in [-0.1, -0.05) is 6.07 Å². The van der Waals surface area contributed by atoms with Crippen LogP contribution in [-0.2, 0) is 9.59 Å². The maximum Gasteiger partial charge on any atom is 0.262 e. The van der Waals surface area contributed by atoms with Crippen molar-refractivity contribution in [3.05, 3.63) is 48.0 Å². The molecule has 2 amide bonds. The van der Waals surface area contributed by atoms with Gasteiger partial charge in [0.15, 0.2) is 23.9 Å². The Morgan fingerprint density at radius 2 is 1.96 bits per heavy atom. The number of rotatable bonds is 7. The first-order chi connectivity index (χ1) is 13.5. The smallest absolute Gasteiger partial charge is 0.262 e. The predicted octanol–water partition coefficient (Wildman–Crippen LogP) is 3.04. The van der Waals surface area contributed by atoms with Crippen LogP contribution in [0.15, 0.2) is 42.5 Å². The van der Waals surface area contributed by atoms with Crippen LogP contribution in [0.3, 0.4) is 0 Å². The normalized spacial score (nSPS) is 13.4. The van der Waals surface area contributed by atoms with Gasteiger partial charge in [0.2, 0.25) is 5.91 Å². The highest BCUT2D eigenvalue weighted by molar-refractivity contribution is 5.97. The summed E-state index contributed by atoms with van der Waals surface area (Å²) in [4.78, 5) is 37.3. The minimum atomic E-state index is -0.345. The van der Waals surface area contributed by atoms with E-state index in [9.17, 15) is 14.4 Å². The number of carbonyl (C=O) groups excluding carboxylic acids is 3. The highest BCUT2D eigenvalue weighted by atomic mass is 16.5. The Morgan fingerprint density at radius 3 is 2.64 bits per heavy atom. The molecule has 1 aliphatic heterocycles. The van der Waals surface area contributed by atoms with Crippen molar-refractivity contribution in [2.24, 2.45) is 0 Å². The maximum absolute atomic E-state index is 12.2. The molecule has 3 rings (SSSR count). The summed E-state index contributed by atoms with van der Waals surface area (Å²) in [7, 11) is 1.47. The molecular weight excluding hydrogens is 360 g/mol. The first-order valence-corrected chi connectivity index (χ1v) is 9.00. The molecule has 28 heavy (non-hydrogen) atoms. The molecule has 0 radical (unpaired) electrons. The van der Waals surface area contributed by atoms with E-state index < -0.39 is 0 Å². The van der Waals surface area contributed by atoms with E-state index in [1.54, 1.807) is 41.3 Å². The second kappa shape index (κ2) is 8.56. The Morgan fingerprint density at radius 1 is 1.14 bits per heavy atom. The average molecular weight is 382 g/mol. The third-order valence-electron chi connectivity index (χ3n) is 4.44. The minimum absolute atomic E-state index is 0.0843.